The van der Waals surface area contributed by atoms with E-state index in [-0.39, 0.29) is 30.3 Å². The topological polar surface area (TPSA) is 70.2 Å². The Morgan fingerprint density at radius 3 is 2.82 bits per heavy atom. The van der Waals surface area contributed by atoms with Crippen molar-refractivity contribution in [2.45, 2.75) is 50.2 Å². The first-order chi connectivity index (χ1) is 10.6. The molecule has 2 fully saturated rings. The third-order valence-electron chi connectivity index (χ3n) is 4.32. The first kappa shape index (κ1) is 15.0. The lowest BCUT2D eigenvalue weighted by atomic mass is 9.87. The van der Waals surface area contributed by atoms with Crippen LogP contribution in [0.25, 0.3) is 0 Å². The van der Waals surface area contributed by atoms with Crippen LogP contribution in [0.4, 0.5) is 10.1 Å². The van der Waals surface area contributed by atoms with Crippen molar-refractivity contribution in [2.75, 3.05) is 5.32 Å². The van der Waals surface area contributed by atoms with E-state index in [4.69, 9.17) is 0 Å². The number of carbonyl (C=O) groups is 2. The standard InChI is InChI=1S/C16H20FN3O2/c17-10-4-3-5-11(8-10)18-15(21)9-14-16(22)20-13-7-2-1-6-12(13)19-14/h3-5,8,12-14,19H,1-2,6-7,9H2,(H,18,21)(H,20,22)/t12-,13+,14+/m0/s1. The molecule has 0 radical (unpaired) electrons. The van der Waals surface area contributed by atoms with Crippen LogP contribution >= 0.6 is 0 Å². The predicted molar refractivity (Wildman–Crippen MR) is 80.8 cm³/mol. The van der Waals surface area contributed by atoms with Crippen LogP contribution in [-0.2, 0) is 9.59 Å². The molecular weight excluding hydrogens is 285 g/mol. The van der Waals surface area contributed by atoms with E-state index in [1.807, 2.05) is 0 Å². The van der Waals surface area contributed by atoms with E-state index in [1.165, 1.54) is 18.2 Å². The first-order valence-electron chi connectivity index (χ1n) is 7.73. The molecule has 0 aromatic heterocycles. The summed E-state index contributed by atoms with van der Waals surface area (Å²) in [6, 6.07) is 5.63. The first-order valence-corrected chi connectivity index (χ1v) is 7.73. The van der Waals surface area contributed by atoms with Crippen LogP contribution in [0.15, 0.2) is 24.3 Å². The van der Waals surface area contributed by atoms with E-state index in [0.29, 0.717) is 5.69 Å². The lowest BCUT2D eigenvalue weighted by Gasteiger charge is -2.40. The summed E-state index contributed by atoms with van der Waals surface area (Å²) in [6.45, 7) is 0. The van der Waals surface area contributed by atoms with Gasteiger partial charge in [0.15, 0.2) is 0 Å². The molecule has 3 rings (SSSR count). The molecule has 0 bridgehead atoms. The van der Waals surface area contributed by atoms with E-state index in [1.54, 1.807) is 6.07 Å². The fraction of sp³-hybridized carbons (Fsp3) is 0.500. The summed E-state index contributed by atoms with van der Waals surface area (Å²) in [5.41, 5.74) is 0.400. The van der Waals surface area contributed by atoms with Crippen molar-refractivity contribution in [3.8, 4) is 0 Å². The average molecular weight is 305 g/mol. The maximum Gasteiger partial charge on any atom is 0.237 e. The van der Waals surface area contributed by atoms with Gasteiger partial charge in [0, 0.05) is 17.8 Å². The number of rotatable bonds is 3. The molecule has 1 aliphatic carbocycles. The summed E-state index contributed by atoms with van der Waals surface area (Å²) in [5.74, 6) is -0.832. The van der Waals surface area contributed by atoms with Crippen molar-refractivity contribution in [1.29, 1.82) is 0 Å². The summed E-state index contributed by atoms with van der Waals surface area (Å²) in [5, 5.41) is 8.92. The number of anilines is 1. The zero-order chi connectivity index (χ0) is 15.5. The molecule has 3 atom stereocenters. The Morgan fingerprint density at radius 2 is 2.05 bits per heavy atom. The fourth-order valence-electron chi connectivity index (χ4n) is 3.24. The van der Waals surface area contributed by atoms with Crippen LogP contribution in [0, 0.1) is 5.82 Å². The zero-order valence-corrected chi connectivity index (χ0v) is 12.3. The highest BCUT2D eigenvalue weighted by Gasteiger charge is 2.36. The molecule has 118 valence electrons. The molecule has 5 nitrogen and oxygen atoms in total. The number of piperazine rings is 1. The Balaban J connectivity index is 1.57. The van der Waals surface area contributed by atoms with E-state index in [9.17, 15) is 14.0 Å². The van der Waals surface area contributed by atoms with Gasteiger partial charge in [-0.15, -0.1) is 0 Å². The van der Waals surface area contributed by atoms with Crippen LogP contribution in [-0.4, -0.2) is 29.9 Å². The second-order valence-electron chi connectivity index (χ2n) is 5.99. The predicted octanol–water partition coefficient (Wildman–Crippen LogP) is 1.55. The zero-order valence-electron chi connectivity index (χ0n) is 12.3. The molecule has 2 amide bonds. The summed E-state index contributed by atoms with van der Waals surface area (Å²) < 4.78 is 13.1. The number of fused-ring (bicyclic) bond motifs is 1. The van der Waals surface area contributed by atoms with E-state index in [2.05, 4.69) is 16.0 Å². The van der Waals surface area contributed by atoms with E-state index < -0.39 is 11.9 Å². The minimum absolute atomic E-state index is 0.0472. The van der Waals surface area contributed by atoms with Crippen LogP contribution in [0.3, 0.4) is 0 Å². The van der Waals surface area contributed by atoms with Gasteiger partial charge < -0.3 is 16.0 Å². The van der Waals surface area contributed by atoms with Gasteiger partial charge in [0.05, 0.1) is 12.5 Å². The molecule has 1 saturated carbocycles. The monoisotopic (exact) mass is 305 g/mol. The molecule has 1 aromatic rings. The van der Waals surface area contributed by atoms with Crippen molar-refractivity contribution in [2.24, 2.45) is 0 Å². The average Bonchev–Trinajstić information content (AvgIpc) is 2.48. The van der Waals surface area contributed by atoms with Crippen LogP contribution in [0.5, 0.6) is 0 Å². The van der Waals surface area contributed by atoms with Gasteiger partial charge in [-0.25, -0.2) is 4.39 Å². The molecular formula is C16H20FN3O2. The fourth-order valence-corrected chi connectivity index (χ4v) is 3.24. The molecule has 1 aliphatic heterocycles. The van der Waals surface area contributed by atoms with Crippen molar-refractivity contribution in [3.05, 3.63) is 30.1 Å². The van der Waals surface area contributed by atoms with Gasteiger partial charge in [-0.1, -0.05) is 18.9 Å². The van der Waals surface area contributed by atoms with Gasteiger partial charge in [-0.3, -0.25) is 9.59 Å². The number of halogens is 1. The van der Waals surface area contributed by atoms with Gasteiger partial charge >= 0.3 is 0 Å². The second kappa shape index (κ2) is 6.44. The van der Waals surface area contributed by atoms with Gasteiger partial charge in [0.25, 0.3) is 0 Å². The van der Waals surface area contributed by atoms with Crippen LogP contribution in [0.2, 0.25) is 0 Å². The largest absolute Gasteiger partial charge is 0.350 e. The number of carbonyl (C=O) groups excluding carboxylic acids is 2. The molecule has 22 heavy (non-hydrogen) atoms. The van der Waals surface area contributed by atoms with Gasteiger partial charge in [-0.05, 0) is 31.0 Å². The highest BCUT2D eigenvalue weighted by atomic mass is 19.1. The summed E-state index contributed by atoms with van der Waals surface area (Å²) in [4.78, 5) is 24.1. The molecule has 0 unspecified atom stereocenters. The smallest absolute Gasteiger partial charge is 0.237 e. The number of benzene rings is 1. The quantitative estimate of drug-likeness (QED) is 0.793. The third-order valence-corrected chi connectivity index (χ3v) is 4.32. The minimum atomic E-state index is -0.520. The number of hydrogen-bond donors (Lipinski definition) is 3. The molecule has 2 aliphatic rings. The molecule has 6 heteroatoms. The van der Waals surface area contributed by atoms with Crippen molar-refractivity contribution in [1.82, 2.24) is 10.6 Å². The van der Waals surface area contributed by atoms with E-state index in [0.717, 1.165) is 25.7 Å². The van der Waals surface area contributed by atoms with Gasteiger partial charge in [0.2, 0.25) is 11.8 Å². The molecule has 3 N–H and O–H groups in total. The highest BCUT2D eigenvalue weighted by Crippen LogP contribution is 2.22. The lowest BCUT2D eigenvalue weighted by Crippen LogP contribution is -2.65. The SMILES string of the molecule is O=C(C[C@H]1N[C@H]2CCCC[C@H]2NC1=O)Nc1cccc(F)c1. The Hall–Kier alpha value is -1.95. The number of nitrogens with one attached hydrogen (secondary N) is 3. The van der Waals surface area contributed by atoms with Crippen molar-refractivity contribution >= 4 is 17.5 Å². The number of hydrogen-bond acceptors (Lipinski definition) is 3. The third kappa shape index (κ3) is 3.44. The Bertz CT molecular complexity index is 578. The van der Waals surface area contributed by atoms with Gasteiger partial charge in [0.1, 0.15) is 5.82 Å². The molecule has 1 heterocycles. The maximum absolute atomic E-state index is 13.1. The normalized spacial score (nSPS) is 27.7. The van der Waals surface area contributed by atoms with Crippen molar-refractivity contribution < 1.29 is 14.0 Å². The lowest BCUT2D eigenvalue weighted by molar-refractivity contribution is -0.129. The summed E-state index contributed by atoms with van der Waals surface area (Å²) in [6.07, 6.45) is 4.34. The number of amides is 2. The van der Waals surface area contributed by atoms with Crippen LogP contribution in [0.1, 0.15) is 32.1 Å². The maximum atomic E-state index is 13.1. The summed E-state index contributed by atoms with van der Waals surface area (Å²) >= 11 is 0. The van der Waals surface area contributed by atoms with E-state index >= 15 is 0 Å². The van der Waals surface area contributed by atoms with Crippen molar-refractivity contribution in [3.63, 3.8) is 0 Å². The second-order valence-corrected chi connectivity index (χ2v) is 5.99. The molecule has 1 aromatic carbocycles. The Kier molecular flexibility index (Phi) is 4.38. The Morgan fingerprint density at radius 1 is 1.27 bits per heavy atom. The van der Waals surface area contributed by atoms with Gasteiger partial charge in [-0.2, -0.15) is 0 Å². The van der Waals surface area contributed by atoms with Crippen LogP contribution < -0.4 is 16.0 Å². The summed E-state index contributed by atoms with van der Waals surface area (Å²) in [7, 11) is 0. The minimum Gasteiger partial charge on any atom is -0.350 e. The molecule has 0 spiro atoms. The molecule has 1 saturated heterocycles. The Labute approximate surface area is 128 Å². The highest BCUT2D eigenvalue weighted by molar-refractivity contribution is 5.95.